The standard InChI is InChI=1S/C26H41N5O6/c1-6-16(4)22(27)25(35)31-20(13-18-10-8-7-9-11-18)24(34)30-19(12-15(2)3)23(33)28-14-21(32)29-17(5)26(36)37/h7-11,15-17,19-20,22H,6,12-14,27H2,1-5H3,(H,28,33)(H,29,32)(H,30,34)(H,31,35)(H,36,37)/t16-,17-,19-,20-,22-/m0/s1. The van der Waals surface area contributed by atoms with Gasteiger partial charge in [0.05, 0.1) is 12.6 Å². The molecule has 0 saturated carbocycles. The summed E-state index contributed by atoms with van der Waals surface area (Å²) in [6.07, 6.45) is 1.17. The zero-order chi connectivity index (χ0) is 28.1. The fourth-order valence-corrected chi connectivity index (χ4v) is 3.46. The zero-order valence-electron chi connectivity index (χ0n) is 22.2. The predicted octanol–water partition coefficient (Wildman–Crippen LogP) is 0.324. The quantitative estimate of drug-likeness (QED) is 0.193. The van der Waals surface area contributed by atoms with Gasteiger partial charge in [-0.3, -0.25) is 24.0 Å². The molecule has 0 aromatic heterocycles. The van der Waals surface area contributed by atoms with Gasteiger partial charge in [-0.2, -0.15) is 0 Å². The maximum atomic E-state index is 13.3. The van der Waals surface area contributed by atoms with Crippen LogP contribution in [-0.2, 0) is 30.4 Å². The van der Waals surface area contributed by atoms with E-state index in [9.17, 15) is 24.0 Å². The van der Waals surface area contributed by atoms with Crippen LogP contribution >= 0.6 is 0 Å². The van der Waals surface area contributed by atoms with E-state index in [1.807, 2.05) is 58.0 Å². The van der Waals surface area contributed by atoms with Gasteiger partial charge in [0.1, 0.15) is 18.1 Å². The van der Waals surface area contributed by atoms with Gasteiger partial charge in [-0.1, -0.05) is 64.4 Å². The lowest BCUT2D eigenvalue weighted by Crippen LogP contribution is -2.57. The number of aliphatic carboxylic acids is 1. The summed E-state index contributed by atoms with van der Waals surface area (Å²) in [5.74, 6) is -3.55. The summed E-state index contributed by atoms with van der Waals surface area (Å²) in [5.41, 5.74) is 6.88. The summed E-state index contributed by atoms with van der Waals surface area (Å²) in [5, 5.41) is 19.0. The Kier molecular flexibility index (Phi) is 13.3. The highest BCUT2D eigenvalue weighted by Gasteiger charge is 2.30. The largest absolute Gasteiger partial charge is 0.480 e. The molecule has 5 atom stereocenters. The lowest BCUT2D eigenvalue weighted by molar-refractivity contribution is -0.141. The molecule has 206 valence electrons. The van der Waals surface area contributed by atoms with Crippen LogP contribution in [-0.4, -0.2) is 65.4 Å². The van der Waals surface area contributed by atoms with Crippen molar-refractivity contribution in [2.75, 3.05) is 6.54 Å². The molecule has 1 rings (SSSR count). The highest BCUT2D eigenvalue weighted by atomic mass is 16.4. The van der Waals surface area contributed by atoms with Crippen molar-refractivity contribution in [3.05, 3.63) is 35.9 Å². The van der Waals surface area contributed by atoms with E-state index in [0.29, 0.717) is 6.42 Å². The summed E-state index contributed by atoms with van der Waals surface area (Å²) in [7, 11) is 0. The van der Waals surface area contributed by atoms with Gasteiger partial charge in [0, 0.05) is 6.42 Å². The number of benzene rings is 1. The van der Waals surface area contributed by atoms with E-state index in [1.165, 1.54) is 6.92 Å². The van der Waals surface area contributed by atoms with E-state index in [-0.39, 0.29) is 24.7 Å². The molecule has 37 heavy (non-hydrogen) atoms. The van der Waals surface area contributed by atoms with Crippen LogP contribution in [0.1, 0.15) is 53.0 Å². The Bertz CT molecular complexity index is 923. The lowest BCUT2D eigenvalue weighted by Gasteiger charge is -2.26. The van der Waals surface area contributed by atoms with Gasteiger partial charge in [0.25, 0.3) is 0 Å². The van der Waals surface area contributed by atoms with Crippen molar-refractivity contribution in [3.63, 3.8) is 0 Å². The summed E-state index contributed by atoms with van der Waals surface area (Å²) in [6.45, 7) is 8.38. The molecule has 11 heteroatoms. The average molecular weight is 520 g/mol. The molecule has 0 saturated heterocycles. The second-order valence-corrected chi connectivity index (χ2v) is 9.70. The Labute approximate surface area is 218 Å². The van der Waals surface area contributed by atoms with E-state index in [1.54, 1.807) is 0 Å². The number of rotatable bonds is 15. The Hall–Kier alpha value is -3.47. The van der Waals surface area contributed by atoms with Crippen molar-refractivity contribution >= 4 is 29.6 Å². The summed E-state index contributed by atoms with van der Waals surface area (Å²) < 4.78 is 0. The first-order valence-electron chi connectivity index (χ1n) is 12.6. The highest BCUT2D eigenvalue weighted by molar-refractivity contribution is 5.94. The van der Waals surface area contributed by atoms with Crippen molar-refractivity contribution in [2.45, 2.75) is 78.0 Å². The molecule has 0 bridgehead atoms. The number of nitrogens with two attached hydrogens (primary N) is 1. The van der Waals surface area contributed by atoms with Crippen molar-refractivity contribution in [2.24, 2.45) is 17.6 Å². The van der Waals surface area contributed by atoms with Crippen LogP contribution in [0.15, 0.2) is 30.3 Å². The molecular weight excluding hydrogens is 478 g/mol. The monoisotopic (exact) mass is 519 g/mol. The molecule has 0 spiro atoms. The molecule has 0 aliphatic heterocycles. The fourth-order valence-electron chi connectivity index (χ4n) is 3.46. The molecule has 7 N–H and O–H groups in total. The topological polar surface area (TPSA) is 180 Å². The number of hydrogen-bond donors (Lipinski definition) is 6. The number of nitrogens with one attached hydrogen (secondary N) is 4. The van der Waals surface area contributed by atoms with Gasteiger partial charge in [0.2, 0.25) is 23.6 Å². The van der Waals surface area contributed by atoms with Gasteiger partial charge in [0.15, 0.2) is 0 Å². The predicted molar refractivity (Wildman–Crippen MR) is 139 cm³/mol. The van der Waals surface area contributed by atoms with Gasteiger partial charge >= 0.3 is 5.97 Å². The molecule has 0 radical (unpaired) electrons. The highest BCUT2D eigenvalue weighted by Crippen LogP contribution is 2.10. The number of amides is 4. The smallest absolute Gasteiger partial charge is 0.325 e. The normalized spacial score (nSPS) is 15.0. The van der Waals surface area contributed by atoms with Gasteiger partial charge in [-0.05, 0) is 30.7 Å². The van der Waals surface area contributed by atoms with Crippen molar-refractivity contribution in [3.8, 4) is 0 Å². The van der Waals surface area contributed by atoms with E-state index >= 15 is 0 Å². The third kappa shape index (κ3) is 11.4. The van der Waals surface area contributed by atoms with Crippen LogP contribution < -0.4 is 27.0 Å². The fraction of sp³-hybridized carbons (Fsp3) is 0.577. The van der Waals surface area contributed by atoms with Crippen molar-refractivity contribution in [1.29, 1.82) is 0 Å². The summed E-state index contributed by atoms with van der Waals surface area (Å²) in [4.78, 5) is 61.8. The Morgan fingerprint density at radius 3 is 2.00 bits per heavy atom. The van der Waals surface area contributed by atoms with Crippen LogP contribution in [0.2, 0.25) is 0 Å². The van der Waals surface area contributed by atoms with Gasteiger partial charge in [-0.25, -0.2) is 0 Å². The number of carbonyl (C=O) groups excluding carboxylic acids is 4. The third-order valence-corrected chi connectivity index (χ3v) is 5.99. The number of carboxylic acid groups (broad SMARTS) is 1. The molecule has 0 aliphatic carbocycles. The van der Waals surface area contributed by atoms with E-state index in [4.69, 9.17) is 10.8 Å². The number of carbonyl (C=O) groups is 5. The van der Waals surface area contributed by atoms with Gasteiger partial charge < -0.3 is 32.1 Å². The van der Waals surface area contributed by atoms with E-state index in [2.05, 4.69) is 21.3 Å². The minimum Gasteiger partial charge on any atom is -0.480 e. The van der Waals surface area contributed by atoms with Crippen molar-refractivity contribution in [1.82, 2.24) is 21.3 Å². The Balaban J connectivity index is 2.99. The molecule has 0 heterocycles. The molecule has 0 aliphatic rings. The molecule has 11 nitrogen and oxygen atoms in total. The number of hydrogen-bond acceptors (Lipinski definition) is 6. The summed E-state index contributed by atoms with van der Waals surface area (Å²) >= 11 is 0. The maximum absolute atomic E-state index is 13.3. The first-order valence-corrected chi connectivity index (χ1v) is 12.6. The first kappa shape index (κ1) is 31.6. The lowest BCUT2D eigenvalue weighted by atomic mass is 9.98. The SMILES string of the molecule is CC[C@H](C)[C@H](N)C(=O)N[C@@H](Cc1ccccc1)C(=O)N[C@@H](CC(C)C)C(=O)NCC(=O)N[C@@H](C)C(=O)O. The second kappa shape index (κ2) is 15.6. The summed E-state index contributed by atoms with van der Waals surface area (Å²) in [6, 6.07) is 5.28. The molecule has 1 aromatic rings. The maximum Gasteiger partial charge on any atom is 0.325 e. The van der Waals surface area contributed by atoms with Crippen LogP contribution in [0.5, 0.6) is 0 Å². The molecule has 1 aromatic carbocycles. The molecular formula is C26H41N5O6. The first-order chi connectivity index (χ1) is 17.3. The number of carboxylic acids is 1. The molecule has 4 amide bonds. The van der Waals surface area contributed by atoms with Crippen molar-refractivity contribution < 1.29 is 29.1 Å². The third-order valence-electron chi connectivity index (χ3n) is 5.99. The van der Waals surface area contributed by atoms with Crippen LogP contribution in [0.4, 0.5) is 0 Å². The minimum absolute atomic E-state index is 0.0258. The van der Waals surface area contributed by atoms with E-state index < -0.39 is 60.3 Å². The van der Waals surface area contributed by atoms with E-state index in [0.717, 1.165) is 5.56 Å². The second-order valence-electron chi connectivity index (χ2n) is 9.70. The Morgan fingerprint density at radius 1 is 0.865 bits per heavy atom. The molecule has 0 unspecified atom stereocenters. The zero-order valence-corrected chi connectivity index (χ0v) is 22.2. The van der Waals surface area contributed by atoms with Crippen LogP contribution in [0, 0.1) is 11.8 Å². The van der Waals surface area contributed by atoms with Gasteiger partial charge in [-0.15, -0.1) is 0 Å². The Morgan fingerprint density at radius 2 is 1.46 bits per heavy atom. The average Bonchev–Trinajstić information content (AvgIpc) is 2.85. The minimum atomic E-state index is -1.20. The van der Waals surface area contributed by atoms with Crippen LogP contribution in [0.25, 0.3) is 0 Å². The van der Waals surface area contributed by atoms with Crippen LogP contribution in [0.3, 0.4) is 0 Å². The molecule has 0 fully saturated rings.